The first kappa shape index (κ1) is 16.5. The Morgan fingerprint density at radius 3 is 2.46 bits per heavy atom. The van der Waals surface area contributed by atoms with Crippen LogP contribution < -0.4 is 10.5 Å². The van der Waals surface area contributed by atoms with Crippen LogP contribution in [0.2, 0.25) is 0 Å². The fourth-order valence-corrected chi connectivity index (χ4v) is 3.15. The molecular formula is C18H21N7O. The number of rotatable bonds is 5. The third kappa shape index (κ3) is 3.65. The Hall–Kier alpha value is -3.00. The maximum atomic E-state index is 12.1. The minimum absolute atomic E-state index is 0.0867. The van der Waals surface area contributed by atoms with Crippen LogP contribution in [0.5, 0.6) is 0 Å². The second kappa shape index (κ2) is 7.49. The normalized spacial score (nSPS) is 15.3. The summed E-state index contributed by atoms with van der Waals surface area (Å²) in [6, 6.07) is 9.16. The summed E-state index contributed by atoms with van der Waals surface area (Å²) in [5, 5.41) is 8.59. The zero-order chi connectivity index (χ0) is 17.8. The quantitative estimate of drug-likeness (QED) is 0.672. The van der Waals surface area contributed by atoms with Crippen molar-refractivity contribution < 1.29 is 0 Å². The molecule has 1 aliphatic rings. The molecule has 0 N–H and O–H groups in total. The van der Waals surface area contributed by atoms with Gasteiger partial charge >= 0.3 is 0 Å². The molecule has 4 rings (SSSR count). The number of aromatic nitrogens is 5. The lowest BCUT2D eigenvalue weighted by Gasteiger charge is -2.36. The highest BCUT2D eigenvalue weighted by Gasteiger charge is 2.17. The Morgan fingerprint density at radius 2 is 1.73 bits per heavy atom. The van der Waals surface area contributed by atoms with Crippen molar-refractivity contribution in [1.29, 1.82) is 0 Å². The lowest BCUT2D eigenvalue weighted by atomic mass is 10.2. The van der Waals surface area contributed by atoms with Crippen LogP contribution in [-0.2, 0) is 6.54 Å². The van der Waals surface area contributed by atoms with Crippen LogP contribution in [0.3, 0.4) is 0 Å². The van der Waals surface area contributed by atoms with E-state index in [-0.39, 0.29) is 5.56 Å². The molecule has 1 saturated heterocycles. The van der Waals surface area contributed by atoms with Gasteiger partial charge in [-0.1, -0.05) is 0 Å². The molecule has 3 aromatic rings. The standard InChI is InChI=1S/C18H21N7O/c26-18-3-2-17(24-9-1-6-20-24)21-25(18)15-12-22-10-13-23(14-11-22)16-4-7-19-8-5-16/h1-9H,10-15H2. The fourth-order valence-electron chi connectivity index (χ4n) is 3.15. The van der Waals surface area contributed by atoms with Gasteiger partial charge in [-0.3, -0.25) is 14.7 Å². The van der Waals surface area contributed by atoms with Crippen molar-refractivity contribution in [3.05, 3.63) is 65.5 Å². The molecule has 134 valence electrons. The van der Waals surface area contributed by atoms with E-state index in [1.54, 1.807) is 23.0 Å². The van der Waals surface area contributed by atoms with E-state index in [2.05, 4.69) is 25.0 Å². The SMILES string of the molecule is O=c1ccc(-n2cccn2)nn1CCN1CCN(c2ccncc2)CC1. The zero-order valence-electron chi connectivity index (χ0n) is 14.5. The van der Waals surface area contributed by atoms with Gasteiger partial charge in [0.25, 0.3) is 5.56 Å². The van der Waals surface area contributed by atoms with E-state index in [0.29, 0.717) is 12.4 Å². The first-order chi connectivity index (χ1) is 12.8. The molecule has 0 spiro atoms. The van der Waals surface area contributed by atoms with Gasteiger partial charge in [-0.25, -0.2) is 9.36 Å². The van der Waals surface area contributed by atoms with Gasteiger partial charge in [0.2, 0.25) is 0 Å². The minimum atomic E-state index is -0.0867. The summed E-state index contributed by atoms with van der Waals surface area (Å²) in [5.41, 5.74) is 1.13. The molecular weight excluding hydrogens is 330 g/mol. The number of anilines is 1. The maximum Gasteiger partial charge on any atom is 0.266 e. The number of hydrogen-bond acceptors (Lipinski definition) is 6. The van der Waals surface area contributed by atoms with Crippen molar-refractivity contribution in [2.45, 2.75) is 6.54 Å². The molecule has 0 atom stereocenters. The summed E-state index contributed by atoms with van der Waals surface area (Å²) in [6.45, 7) is 5.26. The first-order valence-electron chi connectivity index (χ1n) is 8.75. The predicted molar refractivity (Wildman–Crippen MR) is 98.5 cm³/mol. The van der Waals surface area contributed by atoms with E-state index in [0.717, 1.165) is 32.7 Å². The van der Waals surface area contributed by atoms with E-state index in [1.807, 2.05) is 36.8 Å². The average molecular weight is 351 g/mol. The minimum Gasteiger partial charge on any atom is -0.369 e. The Bertz CT molecular complexity index is 883. The molecule has 0 bridgehead atoms. The van der Waals surface area contributed by atoms with Gasteiger partial charge in [0.1, 0.15) is 0 Å². The summed E-state index contributed by atoms with van der Waals surface area (Å²) in [4.78, 5) is 20.9. The molecule has 1 aliphatic heterocycles. The fraction of sp³-hybridized carbons (Fsp3) is 0.333. The molecule has 0 radical (unpaired) electrons. The van der Waals surface area contributed by atoms with Crippen molar-refractivity contribution in [2.75, 3.05) is 37.6 Å². The Balaban J connectivity index is 1.35. The Morgan fingerprint density at radius 1 is 0.923 bits per heavy atom. The van der Waals surface area contributed by atoms with E-state index >= 15 is 0 Å². The Labute approximate surface area is 151 Å². The van der Waals surface area contributed by atoms with Crippen molar-refractivity contribution in [3.63, 3.8) is 0 Å². The summed E-state index contributed by atoms with van der Waals surface area (Å²) >= 11 is 0. The van der Waals surface area contributed by atoms with Gasteiger partial charge in [-0.2, -0.15) is 5.10 Å². The summed E-state index contributed by atoms with van der Waals surface area (Å²) < 4.78 is 3.18. The van der Waals surface area contributed by atoms with E-state index in [9.17, 15) is 4.79 Å². The maximum absolute atomic E-state index is 12.1. The monoisotopic (exact) mass is 351 g/mol. The molecule has 0 amide bonds. The highest BCUT2D eigenvalue weighted by atomic mass is 16.1. The lowest BCUT2D eigenvalue weighted by Crippen LogP contribution is -2.47. The van der Waals surface area contributed by atoms with Gasteiger partial charge in [-0.05, 0) is 24.3 Å². The van der Waals surface area contributed by atoms with Crippen molar-refractivity contribution in [3.8, 4) is 5.82 Å². The van der Waals surface area contributed by atoms with Crippen LogP contribution in [0.15, 0.2) is 59.9 Å². The van der Waals surface area contributed by atoms with Crippen molar-refractivity contribution >= 4 is 5.69 Å². The molecule has 3 aromatic heterocycles. The highest BCUT2D eigenvalue weighted by Crippen LogP contribution is 2.14. The van der Waals surface area contributed by atoms with Gasteiger partial charge in [0, 0.05) is 69.3 Å². The topological polar surface area (TPSA) is 72.1 Å². The van der Waals surface area contributed by atoms with Crippen LogP contribution in [-0.4, -0.2) is 62.2 Å². The molecule has 0 aliphatic carbocycles. The molecule has 0 unspecified atom stereocenters. The van der Waals surface area contributed by atoms with Crippen molar-refractivity contribution in [1.82, 2.24) is 29.4 Å². The summed E-state index contributed by atoms with van der Waals surface area (Å²) in [5.74, 6) is 0.650. The Kier molecular flexibility index (Phi) is 4.74. The number of nitrogens with zero attached hydrogens (tertiary/aromatic N) is 7. The average Bonchev–Trinajstić information content (AvgIpc) is 3.23. The number of piperazine rings is 1. The van der Waals surface area contributed by atoms with Gasteiger partial charge in [0.05, 0.1) is 6.54 Å². The lowest BCUT2D eigenvalue weighted by molar-refractivity contribution is 0.242. The van der Waals surface area contributed by atoms with Crippen LogP contribution in [0, 0.1) is 0 Å². The molecule has 4 heterocycles. The first-order valence-corrected chi connectivity index (χ1v) is 8.75. The second-order valence-electron chi connectivity index (χ2n) is 6.24. The van der Waals surface area contributed by atoms with E-state index in [4.69, 9.17) is 0 Å². The molecule has 8 heteroatoms. The molecule has 26 heavy (non-hydrogen) atoms. The second-order valence-corrected chi connectivity index (χ2v) is 6.24. The van der Waals surface area contributed by atoms with Crippen molar-refractivity contribution in [2.24, 2.45) is 0 Å². The third-order valence-corrected chi connectivity index (χ3v) is 4.62. The van der Waals surface area contributed by atoms with Gasteiger partial charge in [0.15, 0.2) is 5.82 Å². The van der Waals surface area contributed by atoms with Crippen LogP contribution in [0.25, 0.3) is 5.82 Å². The van der Waals surface area contributed by atoms with E-state index in [1.165, 1.54) is 10.4 Å². The number of hydrogen-bond donors (Lipinski definition) is 0. The summed E-state index contributed by atoms with van der Waals surface area (Å²) in [7, 11) is 0. The molecule has 0 aromatic carbocycles. The molecule has 0 saturated carbocycles. The van der Waals surface area contributed by atoms with Gasteiger partial charge in [-0.15, -0.1) is 5.10 Å². The van der Waals surface area contributed by atoms with Gasteiger partial charge < -0.3 is 4.90 Å². The highest BCUT2D eigenvalue weighted by molar-refractivity contribution is 5.44. The van der Waals surface area contributed by atoms with Crippen LogP contribution in [0.4, 0.5) is 5.69 Å². The molecule has 1 fully saturated rings. The largest absolute Gasteiger partial charge is 0.369 e. The van der Waals surface area contributed by atoms with Crippen LogP contribution in [0.1, 0.15) is 0 Å². The predicted octanol–water partition coefficient (Wildman–Crippen LogP) is 0.646. The van der Waals surface area contributed by atoms with E-state index < -0.39 is 0 Å². The molecule has 8 nitrogen and oxygen atoms in total. The van der Waals surface area contributed by atoms with Crippen LogP contribution >= 0.6 is 0 Å². The third-order valence-electron chi connectivity index (χ3n) is 4.62. The number of pyridine rings is 1. The smallest absolute Gasteiger partial charge is 0.266 e. The zero-order valence-corrected chi connectivity index (χ0v) is 14.5. The summed E-state index contributed by atoms with van der Waals surface area (Å²) in [6.07, 6.45) is 7.16.